The van der Waals surface area contributed by atoms with Crippen LogP contribution in [0.1, 0.15) is 13.3 Å². The van der Waals surface area contributed by atoms with Crippen LogP contribution in [0.15, 0.2) is 0 Å². The van der Waals surface area contributed by atoms with E-state index in [2.05, 4.69) is 0 Å². The minimum Gasteiger partial charge on any atom is -0.480 e. The van der Waals surface area contributed by atoms with Crippen LogP contribution in [0.5, 0.6) is 0 Å². The lowest BCUT2D eigenvalue weighted by Crippen LogP contribution is -2.51. The molecule has 3 N–H and O–H groups in total. The average Bonchev–Trinajstić information content (AvgIpc) is 2.22. The fourth-order valence-electron chi connectivity index (χ4n) is 1.17. The number of rotatable bonds is 6. The molecule has 0 bridgehead atoms. The molecule has 0 radical (unpaired) electrons. The van der Waals surface area contributed by atoms with Crippen LogP contribution in [-0.4, -0.2) is 59.0 Å². The van der Waals surface area contributed by atoms with Gasteiger partial charge in [-0.1, -0.05) is 6.92 Å². The quantitative estimate of drug-likeness (QED) is 0.653. The Morgan fingerprint density at radius 1 is 1.39 bits per heavy atom. The average molecular weight is 272 g/mol. The van der Waals surface area contributed by atoms with Gasteiger partial charge in [0.25, 0.3) is 0 Å². The highest BCUT2D eigenvalue weighted by atomic mass is 19.4. The van der Waals surface area contributed by atoms with Gasteiger partial charge in [0.2, 0.25) is 0 Å². The molecule has 1 atom stereocenters. The van der Waals surface area contributed by atoms with Crippen LogP contribution < -0.4 is 5.32 Å². The second-order valence-electron chi connectivity index (χ2n) is 3.51. The van der Waals surface area contributed by atoms with Crippen molar-refractivity contribution in [2.75, 3.05) is 19.7 Å². The van der Waals surface area contributed by atoms with Gasteiger partial charge in [-0.15, -0.1) is 0 Å². The van der Waals surface area contributed by atoms with Gasteiger partial charge in [0.1, 0.15) is 12.6 Å². The van der Waals surface area contributed by atoms with E-state index in [0.29, 0.717) is 4.90 Å². The van der Waals surface area contributed by atoms with E-state index in [1.54, 1.807) is 0 Å². The molecule has 0 aromatic carbocycles. The molecule has 0 aliphatic heterocycles. The van der Waals surface area contributed by atoms with E-state index in [4.69, 9.17) is 10.2 Å². The molecule has 0 saturated heterocycles. The van der Waals surface area contributed by atoms with Crippen molar-refractivity contribution in [3.8, 4) is 0 Å². The number of carbonyl (C=O) groups excluding carboxylic acids is 1. The maximum atomic E-state index is 12.1. The SMILES string of the molecule is CC[C@@H](NC(=O)N(CCO)CC(F)(F)F)C(=O)O. The number of halogens is 3. The number of carboxylic acids is 1. The highest BCUT2D eigenvalue weighted by Gasteiger charge is 2.33. The number of hydrogen-bond donors (Lipinski definition) is 3. The minimum absolute atomic E-state index is 0.0417. The van der Waals surface area contributed by atoms with Crippen LogP contribution in [0.4, 0.5) is 18.0 Å². The summed E-state index contributed by atoms with van der Waals surface area (Å²) in [6.45, 7) is -1.25. The molecule has 106 valence electrons. The number of nitrogens with one attached hydrogen (secondary N) is 1. The highest BCUT2D eigenvalue weighted by Crippen LogP contribution is 2.16. The molecule has 9 heteroatoms. The third-order valence-corrected chi connectivity index (χ3v) is 2.03. The Morgan fingerprint density at radius 3 is 2.28 bits per heavy atom. The Kier molecular flexibility index (Phi) is 6.45. The molecule has 0 aromatic rings. The Morgan fingerprint density at radius 2 is 1.94 bits per heavy atom. The number of carbonyl (C=O) groups is 2. The lowest BCUT2D eigenvalue weighted by Gasteiger charge is -2.25. The number of amides is 2. The number of urea groups is 1. The molecule has 0 rings (SSSR count). The van der Waals surface area contributed by atoms with E-state index in [-0.39, 0.29) is 6.42 Å². The number of alkyl halides is 3. The van der Waals surface area contributed by atoms with Gasteiger partial charge in [0.15, 0.2) is 0 Å². The van der Waals surface area contributed by atoms with Gasteiger partial charge in [-0.2, -0.15) is 13.2 Å². The highest BCUT2D eigenvalue weighted by molar-refractivity contribution is 5.82. The van der Waals surface area contributed by atoms with E-state index < -0.39 is 43.9 Å². The maximum Gasteiger partial charge on any atom is 0.406 e. The standard InChI is InChI=1S/C9H15F3N2O4/c1-2-6(7(16)17)13-8(18)14(3-4-15)5-9(10,11)12/h6,15H,2-5H2,1H3,(H,13,18)(H,16,17)/t6-/m1/s1. The van der Waals surface area contributed by atoms with Crippen molar-refractivity contribution in [1.29, 1.82) is 0 Å². The number of carboxylic acid groups (broad SMARTS) is 1. The third kappa shape index (κ3) is 6.28. The number of hydrogen-bond acceptors (Lipinski definition) is 3. The summed E-state index contributed by atoms with van der Waals surface area (Å²) in [5, 5.41) is 19.2. The summed E-state index contributed by atoms with van der Waals surface area (Å²) in [4.78, 5) is 22.4. The second-order valence-corrected chi connectivity index (χ2v) is 3.51. The summed E-state index contributed by atoms with van der Waals surface area (Å²) >= 11 is 0. The van der Waals surface area contributed by atoms with Gasteiger partial charge in [-0.3, -0.25) is 0 Å². The summed E-state index contributed by atoms with van der Waals surface area (Å²) in [7, 11) is 0. The smallest absolute Gasteiger partial charge is 0.406 e. The van der Waals surface area contributed by atoms with Gasteiger partial charge in [0, 0.05) is 6.54 Å². The predicted octanol–water partition coefficient (Wildman–Crippen LogP) is 0.416. The van der Waals surface area contributed by atoms with Crippen molar-refractivity contribution >= 4 is 12.0 Å². The molecule has 0 unspecified atom stereocenters. The minimum atomic E-state index is -4.61. The molecule has 18 heavy (non-hydrogen) atoms. The first kappa shape index (κ1) is 16.5. The zero-order valence-corrected chi connectivity index (χ0v) is 9.70. The summed E-state index contributed by atoms with van der Waals surface area (Å²) in [5.74, 6) is -1.33. The van der Waals surface area contributed by atoms with E-state index >= 15 is 0 Å². The molecule has 0 saturated carbocycles. The van der Waals surface area contributed by atoms with Crippen LogP contribution in [0, 0.1) is 0 Å². The van der Waals surface area contributed by atoms with Gasteiger partial charge in [-0.05, 0) is 6.42 Å². The van der Waals surface area contributed by atoms with Gasteiger partial charge < -0.3 is 20.4 Å². The Labute approximate surface area is 101 Å². The van der Waals surface area contributed by atoms with Crippen LogP contribution in [-0.2, 0) is 4.79 Å². The molecular weight excluding hydrogens is 257 g/mol. The third-order valence-electron chi connectivity index (χ3n) is 2.03. The number of aliphatic carboxylic acids is 1. The first-order chi connectivity index (χ1) is 8.21. The molecule has 0 spiro atoms. The largest absolute Gasteiger partial charge is 0.480 e. The van der Waals surface area contributed by atoms with Crippen molar-refractivity contribution < 1.29 is 33.0 Å². The number of aliphatic hydroxyl groups excluding tert-OH is 1. The predicted molar refractivity (Wildman–Crippen MR) is 55.0 cm³/mol. The van der Waals surface area contributed by atoms with Gasteiger partial charge >= 0.3 is 18.2 Å². The van der Waals surface area contributed by atoms with Gasteiger partial charge in [0.05, 0.1) is 6.61 Å². The van der Waals surface area contributed by atoms with Crippen molar-refractivity contribution in [2.24, 2.45) is 0 Å². The zero-order valence-electron chi connectivity index (χ0n) is 9.70. The van der Waals surface area contributed by atoms with Crippen LogP contribution in [0.2, 0.25) is 0 Å². The van der Waals surface area contributed by atoms with E-state index in [1.807, 2.05) is 5.32 Å². The van der Waals surface area contributed by atoms with Crippen LogP contribution in [0.3, 0.4) is 0 Å². The molecule has 0 aliphatic carbocycles. The monoisotopic (exact) mass is 272 g/mol. The fourth-order valence-corrected chi connectivity index (χ4v) is 1.17. The molecule has 0 aromatic heterocycles. The fraction of sp³-hybridized carbons (Fsp3) is 0.778. The molecular formula is C9H15F3N2O4. The molecule has 2 amide bonds. The van der Waals surface area contributed by atoms with Crippen molar-refractivity contribution in [2.45, 2.75) is 25.6 Å². The maximum absolute atomic E-state index is 12.1. The number of nitrogens with zero attached hydrogens (tertiary/aromatic N) is 1. The van der Waals surface area contributed by atoms with Crippen LogP contribution in [0.25, 0.3) is 0 Å². The lowest BCUT2D eigenvalue weighted by molar-refractivity contribution is -0.141. The lowest BCUT2D eigenvalue weighted by atomic mass is 10.2. The Hall–Kier alpha value is -1.51. The van der Waals surface area contributed by atoms with Crippen molar-refractivity contribution in [3.63, 3.8) is 0 Å². The summed E-state index contributed by atoms with van der Waals surface area (Å²) < 4.78 is 36.4. The first-order valence-corrected chi connectivity index (χ1v) is 5.17. The van der Waals surface area contributed by atoms with E-state index in [9.17, 15) is 22.8 Å². The molecule has 0 heterocycles. The van der Waals surface area contributed by atoms with Crippen molar-refractivity contribution in [3.05, 3.63) is 0 Å². The summed E-state index contributed by atoms with van der Waals surface area (Å²) in [5.41, 5.74) is 0. The number of aliphatic hydroxyl groups is 1. The second kappa shape index (κ2) is 7.04. The van der Waals surface area contributed by atoms with E-state index in [0.717, 1.165) is 0 Å². The molecule has 0 aliphatic rings. The topological polar surface area (TPSA) is 89.9 Å². The van der Waals surface area contributed by atoms with Crippen molar-refractivity contribution in [1.82, 2.24) is 10.2 Å². The Balaban J connectivity index is 4.61. The zero-order chi connectivity index (χ0) is 14.3. The summed E-state index contributed by atoms with van der Waals surface area (Å²) in [6.07, 6.45) is -4.57. The van der Waals surface area contributed by atoms with E-state index in [1.165, 1.54) is 6.92 Å². The summed E-state index contributed by atoms with van der Waals surface area (Å²) in [6, 6.07) is -2.43. The molecule has 0 fully saturated rings. The normalized spacial score (nSPS) is 12.9. The molecule has 6 nitrogen and oxygen atoms in total. The Bertz CT molecular complexity index is 296. The van der Waals surface area contributed by atoms with Crippen LogP contribution >= 0.6 is 0 Å². The first-order valence-electron chi connectivity index (χ1n) is 5.17. The van der Waals surface area contributed by atoms with Gasteiger partial charge in [-0.25, -0.2) is 9.59 Å².